The predicted molar refractivity (Wildman–Crippen MR) is 113 cm³/mol. The van der Waals surface area contributed by atoms with Crippen molar-refractivity contribution in [1.29, 1.82) is 0 Å². The van der Waals surface area contributed by atoms with E-state index in [1.54, 1.807) is 14.0 Å². The van der Waals surface area contributed by atoms with E-state index in [0.717, 1.165) is 5.56 Å². The van der Waals surface area contributed by atoms with Gasteiger partial charge in [0.2, 0.25) is 11.7 Å². The molecule has 1 atom stereocenters. The van der Waals surface area contributed by atoms with Crippen LogP contribution in [0.2, 0.25) is 0 Å². The highest BCUT2D eigenvalue weighted by molar-refractivity contribution is 5.80. The summed E-state index contributed by atoms with van der Waals surface area (Å²) in [5.74, 6) is 1.82. The average Bonchev–Trinajstić information content (AvgIpc) is 3.21. The van der Waals surface area contributed by atoms with E-state index in [-0.39, 0.29) is 17.9 Å². The number of amides is 1. The van der Waals surface area contributed by atoms with Crippen LogP contribution in [-0.2, 0) is 16.8 Å². The highest BCUT2D eigenvalue weighted by Gasteiger charge is 2.18. The van der Waals surface area contributed by atoms with Crippen LogP contribution in [0.25, 0.3) is 11.4 Å². The Morgan fingerprint density at radius 1 is 1.13 bits per heavy atom. The molecule has 0 aliphatic rings. The zero-order valence-corrected chi connectivity index (χ0v) is 17.9. The predicted octanol–water partition coefficient (Wildman–Crippen LogP) is 4.13. The van der Waals surface area contributed by atoms with Gasteiger partial charge in [0.1, 0.15) is 11.5 Å². The van der Waals surface area contributed by atoms with Crippen LogP contribution in [0, 0.1) is 0 Å². The van der Waals surface area contributed by atoms with Crippen LogP contribution in [0.1, 0.15) is 39.1 Å². The molecule has 0 aliphatic heterocycles. The van der Waals surface area contributed by atoms with E-state index in [4.69, 9.17) is 14.0 Å². The molecule has 0 saturated carbocycles. The Labute approximate surface area is 176 Å². The van der Waals surface area contributed by atoms with Crippen molar-refractivity contribution >= 4 is 5.91 Å². The van der Waals surface area contributed by atoms with Gasteiger partial charge in [-0.15, -0.1) is 0 Å². The number of methoxy groups -OCH3 is 1. The monoisotopic (exact) mass is 409 g/mol. The van der Waals surface area contributed by atoms with Gasteiger partial charge in [-0.25, -0.2) is 0 Å². The maximum atomic E-state index is 12.4. The first kappa shape index (κ1) is 21.4. The van der Waals surface area contributed by atoms with Crippen molar-refractivity contribution in [3.8, 4) is 22.9 Å². The fourth-order valence-electron chi connectivity index (χ4n) is 2.80. The Balaban J connectivity index is 1.54. The van der Waals surface area contributed by atoms with Crippen LogP contribution in [-0.4, -0.2) is 29.3 Å². The molecule has 0 aliphatic carbocycles. The molecule has 0 unspecified atom stereocenters. The number of carbonyl (C=O) groups is 1. The van der Waals surface area contributed by atoms with Crippen LogP contribution in [0.4, 0.5) is 0 Å². The average molecular weight is 409 g/mol. The quantitative estimate of drug-likeness (QED) is 0.631. The molecule has 1 amide bonds. The summed E-state index contributed by atoms with van der Waals surface area (Å²) in [5, 5.41) is 6.71. The Morgan fingerprint density at radius 3 is 2.53 bits per heavy atom. The van der Waals surface area contributed by atoms with Gasteiger partial charge in [0.25, 0.3) is 5.91 Å². The van der Waals surface area contributed by atoms with E-state index in [1.807, 2.05) is 48.5 Å². The first-order chi connectivity index (χ1) is 14.3. The Hall–Kier alpha value is -3.35. The van der Waals surface area contributed by atoms with Gasteiger partial charge < -0.3 is 19.3 Å². The van der Waals surface area contributed by atoms with Crippen molar-refractivity contribution in [3.63, 3.8) is 0 Å². The molecule has 0 saturated heterocycles. The molecule has 158 valence electrons. The number of aromatic nitrogens is 2. The number of carbonyl (C=O) groups excluding carboxylic acids is 1. The van der Waals surface area contributed by atoms with E-state index in [1.165, 1.54) is 5.56 Å². The Morgan fingerprint density at radius 2 is 1.87 bits per heavy atom. The maximum Gasteiger partial charge on any atom is 0.261 e. The van der Waals surface area contributed by atoms with Crippen LogP contribution in [0.15, 0.2) is 53.1 Å². The summed E-state index contributed by atoms with van der Waals surface area (Å²) in [5.41, 5.74) is 2.04. The van der Waals surface area contributed by atoms with Crippen molar-refractivity contribution in [2.24, 2.45) is 0 Å². The number of benzene rings is 2. The Kier molecular flexibility index (Phi) is 6.40. The molecule has 30 heavy (non-hydrogen) atoms. The lowest BCUT2D eigenvalue weighted by Gasteiger charge is -2.20. The molecule has 2 aromatic carbocycles. The number of nitrogens with zero attached hydrogens (tertiary/aromatic N) is 2. The molecule has 7 heteroatoms. The van der Waals surface area contributed by atoms with Gasteiger partial charge in [0.15, 0.2) is 6.10 Å². The molecule has 0 spiro atoms. The highest BCUT2D eigenvalue weighted by atomic mass is 16.5. The normalized spacial score (nSPS) is 12.3. The fourth-order valence-corrected chi connectivity index (χ4v) is 2.80. The minimum absolute atomic E-state index is 0.0648. The lowest BCUT2D eigenvalue weighted by Crippen LogP contribution is -2.36. The van der Waals surface area contributed by atoms with Gasteiger partial charge in [0, 0.05) is 5.56 Å². The molecule has 0 bridgehead atoms. The lowest BCUT2D eigenvalue weighted by atomic mass is 9.87. The van der Waals surface area contributed by atoms with Gasteiger partial charge >= 0.3 is 0 Å². The van der Waals surface area contributed by atoms with Crippen molar-refractivity contribution in [1.82, 2.24) is 15.5 Å². The van der Waals surface area contributed by atoms with Crippen molar-refractivity contribution < 1.29 is 18.8 Å². The summed E-state index contributed by atoms with van der Waals surface area (Å²) < 4.78 is 16.2. The molecule has 1 aromatic heterocycles. The lowest BCUT2D eigenvalue weighted by molar-refractivity contribution is -0.127. The molecule has 1 heterocycles. The molecule has 0 fully saturated rings. The zero-order valence-electron chi connectivity index (χ0n) is 17.9. The summed E-state index contributed by atoms with van der Waals surface area (Å²) >= 11 is 0. The van der Waals surface area contributed by atoms with E-state index in [2.05, 4.69) is 36.2 Å². The van der Waals surface area contributed by atoms with Gasteiger partial charge in [-0.2, -0.15) is 4.98 Å². The topological polar surface area (TPSA) is 86.5 Å². The molecular weight excluding hydrogens is 382 g/mol. The molecular formula is C23H27N3O4. The third-order valence-electron chi connectivity index (χ3n) is 4.61. The van der Waals surface area contributed by atoms with E-state index >= 15 is 0 Å². The number of ether oxygens (including phenoxy) is 2. The van der Waals surface area contributed by atoms with Crippen molar-refractivity contribution in [2.75, 3.05) is 7.11 Å². The van der Waals surface area contributed by atoms with Crippen LogP contribution in [0.5, 0.6) is 11.5 Å². The maximum absolute atomic E-state index is 12.4. The number of hydrogen-bond donors (Lipinski definition) is 1. The van der Waals surface area contributed by atoms with Crippen LogP contribution < -0.4 is 14.8 Å². The summed E-state index contributed by atoms with van der Waals surface area (Å²) in [6.07, 6.45) is -0.661. The third kappa shape index (κ3) is 5.37. The molecule has 0 radical (unpaired) electrons. The summed E-state index contributed by atoms with van der Waals surface area (Å²) in [7, 11) is 1.60. The second kappa shape index (κ2) is 8.98. The summed E-state index contributed by atoms with van der Waals surface area (Å²) in [6, 6.07) is 15.1. The zero-order chi connectivity index (χ0) is 21.7. The first-order valence-corrected chi connectivity index (χ1v) is 9.78. The van der Waals surface area contributed by atoms with E-state index < -0.39 is 6.10 Å². The van der Waals surface area contributed by atoms with Crippen molar-refractivity contribution in [3.05, 3.63) is 60.0 Å². The number of rotatable bonds is 7. The van der Waals surface area contributed by atoms with Gasteiger partial charge in [-0.3, -0.25) is 4.79 Å². The number of hydrogen-bond acceptors (Lipinski definition) is 6. The second-order valence-electron chi connectivity index (χ2n) is 8.00. The van der Waals surface area contributed by atoms with Crippen LogP contribution in [0.3, 0.4) is 0 Å². The van der Waals surface area contributed by atoms with Gasteiger partial charge in [-0.05, 0) is 42.2 Å². The second-order valence-corrected chi connectivity index (χ2v) is 8.00. The minimum Gasteiger partial charge on any atom is -0.497 e. The SMILES string of the molecule is COc1cccc(-c2noc(CNC(=O)[C@H](C)Oc3ccc(C(C)(C)C)cc3)n2)c1. The molecule has 3 aromatic rings. The fraction of sp³-hybridized carbons (Fsp3) is 0.348. The van der Waals surface area contributed by atoms with Gasteiger partial charge in [-0.1, -0.05) is 50.2 Å². The standard InChI is InChI=1S/C23H27N3O4/c1-15(29-18-11-9-17(10-12-18)23(2,3)4)22(27)24-14-20-25-21(26-30-20)16-7-6-8-19(13-16)28-5/h6-13,15H,14H2,1-5H3,(H,24,27)/t15-/m0/s1. The smallest absolute Gasteiger partial charge is 0.261 e. The molecule has 1 N–H and O–H groups in total. The Bertz CT molecular complexity index is 990. The first-order valence-electron chi connectivity index (χ1n) is 9.78. The third-order valence-corrected chi connectivity index (χ3v) is 4.61. The molecule has 7 nitrogen and oxygen atoms in total. The van der Waals surface area contributed by atoms with E-state index in [0.29, 0.717) is 23.2 Å². The summed E-state index contributed by atoms with van der Waals surface area (Å²) in [4.78, 5) is 16.7. The van der Waals surface area contributed by atoms with Gasteiger partial charge in [0.05, 0.1) is 13.7 Å². The van der Waals surface area contributed by atoms with Crippen LogP contribution >= 0.6 is 0 Å². The molecule has 3 rings (SSSR count). The highest BCUT2D eigenvalue weighted by Crippen LogP contribution is 2.25. The summed E-state index contributed by atoms with van der Waals surface area (Å²) in [6.45, 7) is 8.26. The minimum atomic E-state index is -0.661. The largest absolute Gasteiger partial charge is 0.497 e. The van der Waals surface area contributed by atoms with Crippen molar-refractivity contribution in [2.45, 2.75) is 45.8 Å². The van der Waals surface area contributed by atoms with E-state index in [9.17, 15) is 4.79 Å². The number of nitrogens with one attached hydrogen (secondary N) is 1.